The summed E-state index contributed by atoms with van der Waals surface area (Å²) in [7, 11) is 0. The van der Waals surface area contributed by atoms with Gasteiger partial charge in [-0.1, -0.05) is 24.3 Å². The molecule has 3 aromatic rings. The Morgan fingerprint density at radius 2 is 2.11 bits per heavy atom. The van der Waals surface area contributed by atoms with Gasteiger partial charge in [-0.15, -0.1) is 11.3 Å². The molecule has 6 heteroatoms. The smallest absolute Gasteiger partial charge is 0.318 e. The quantitative estimate of drug-likeness (QED) is 0.621. The molecule has 1 aliphatic rings. The van der Waals surface area contributed by atoms with Gasteiger partial charge in [-0.3, -0.25) is 0 Å². The van der Waals surface area contributed by atoms with Gasteiger partial charge in [0.1, 0.15) is 6.04 Å². The number of rotatable bonds is 6. The first-order chi connectivity index (χ1) is 13.8. The molecule has 1 aliphatic heterocycles. The Morgan fingerprint density at radius 3 is 2.93 bits per heavy atom. The lowest BCUT2D eigenvalue weighted by atomic mass is 10.1. The summed E-state index contributed by atoms with van der Waals surface area (Å²) in [4.78, 5) is 16.3. The van der Waals surface area contributed by atoms with Crippen LogP contribution in [0.25, 0.3) is 5.69 Å². The fraction of sp³-hybridized carbons (Fsp3) is 0.318. The van der Waals surface area contributed by atoms with E-state index in [1.165, 1.54) is 0 Å². The van der Waals surface area contributed by atoms with Crippen LogP contribution in [-0.2, 0) is 11.3 Å². The number of hydrogen-bond acceptors (Lipinski definition) is 3. The number of nitrogens with zero attached hydrogens (tertiary/aromatic N) is 2. The summed E-state index contributed by atoms with van der Waals surface area (Å²) < 4.78 is 7.59. The highest BCUT2D eigenvalue weighted by Crippen LogP contribution is 2.38. The number of benzene rings is 1. The summed E-state index contributed by atoms with van der Waals surface area (Å²) in [5.41, 5.74) is 3.39. The number of carbonyl (C=O) groups excluding carboxylic acids is 1. The van der Waals surface area contributed by atoms with Gasteiger partial charge in [-0.05, 0) is 48.6 Å². The van der Waals surface area contributed by atoms with Crippen LogP contribution >= 0.6 is 11.3 Å². The zero-order chi connectivity index (χ0) is 19.3. The highest BCUT2D eigenvalue weighted by atomic mass is 32.1. The van der Waals surface area contributed by atoms with Crippen molar-refractivity contribution in [2.75, 3.05) is 19.8 Å². The van der Waals surface area contributed by atoms with Gasteiger partial charge in [-0.25, -0.2) is 4.79 Å². The SMILES string of the molecule is CCOCCCNC(=O)N1Cc2ccccc2-n2cccc2[C@@H]1c1cccs1. The van der Waals surface area contributed by atoms with Crippen LogP contribution in [0.3, 0.4) is 0 Å². The maximum absolute atomic E-state index is 13.2. The average molecular weight is 396 g/mol. The second-order valence-electron chi connectivity index (χ2n) is 6.76. The van der Waals surface area contributed by atoms with Gasteiger partial charge < -0.3 is 19.5 Å². The lowest BCUT2D eigenvalue weighted by Gasteiger charge is -2.30. The highest BCUT2D eigenvalue weighted by Gasteiger charge is 2.33. The summed E-state index contributed by atoms with van der Waals surface area (Å²) in [5, 5.41) is 5.16. The molecule has 5 nitrogen and oxygen atoms in total. The Labute approximate surface area is 169 Å². The second kappa shape index (κ2) is 8.63. The van der Waals surface area contributed by atoms with Gasteiger partial charge in [0.25, 0.3) is 0 Å². The average Bonchev–Trinajstić information content (AvgIpc) is 3.38. The molecule has 0 saturated heterocycles. The van der Waals surface area contributed by atoms with E-state index in [1.807, 2.05) is 30.0 Å². The minimum absolute atomic E-state index is 0.0423. The first-order valence-corrected chi connectivity index (χ1v) is 10.6. The van der Waals surface area contributed by atoms with Crippen molar-refractivity contribution in [3.05, 3.63) is 76.2 Å². The third kappa shape index (κ3) is 3.70. The Kier molecular flexibility index (Phi) is 5.78. The number of ether oxygens (including phenoxy) is 1. The van der Waals surface area contributed by atoms with Gasteiger partial charge in [0, 0.05) is 30.8 Å². The lowest BCUT2D eigenvalue weighted by Crippen LogP contribution is -2.42. The molecule has 0 aliphatic carbocycles. The summed E-state index contributed by atoms with van der Waals surface area (Å²) in [6.45, 7) is 4.52. The number of para-hydroxylation sites is 1. The predicted molar refractivity (Wildman–Crippen MR) is 112 cm³/mol. The molecule has 28 heavy (non-hydrogen) atoms. The molecule has 2 amide bonds. The minimum atomic E-state index is -0.116. The molecule has 0 unspecified atom stereocenters. The molecule has 0 fully saturated rings. The van der Waals surface area contributed by atoms with Crippen molar-refractivity contribution in [2.45, 2.75) is 25.9 Å². The van der Waals surface area contributed by atoms with E-state index in [4.69, 9.17) is 4.74 Å². The molecular formula is C22H25N3O2S. The van der Waals surface area contributed by atoms with E-state index in [2.05, 4.69) is 51.8 Å². The number of aromatic nitrogens is 1. The van der Waals surface area contributed by atoms with Crippen molar-refractivity contribution in [3.8, 4) is 5.69 Å². The Hall–Kier alpha value is -2.57. The topological polar surface area (TPSA) is 46.5 Å². The fourth-order valence-electron chi connectivity index (χ4n) is 3.70. The maximum Gasteiger partial charge on any atom is 0.318 e. The van der Waals surface area contributed by atoms with Crippen molar-refractivity contribution in [2.24, 2.45) is 0 Å². The first-order valence-electron chi connectivity index (χ1n) is 9.70. The van der Waals surface area contributed by atoms with Crippen LogP contribution in [0.15, 0.2) is 60.1 Å². The molecule has 4 rings (SSSR count). The summed E-state index contributed by atoms with van der Waals surface area (Å²) >= 11 is 1.69. The van der Waals surface area contributed by atoms with Crippen molar-refractivity contribution < 1.29 is 9.53 Å². The Morgan fingerprint density at radius 1 is 1.21 bits per heavy atom. The van der Waals surface area contributed by atoms with E-state index in [1.54, 1.807) is 11.3 Å². The number of hydrogen-bond donors (Lipinski definition) is 1. The van der Waals surface area contributed by atoms with Crippen LogP contribution in [0.1, 0.15) is 35.5 Å². The first kappa shape index (κ1) is 18.8. The van der Waals surface area contributed by atoms with Crippen LogP contribution in [0.5, 0.6) is 0 Å². The summed E-state index contributed by atoms with van der Waals surface area (Å²) in [5.74, 6) is 0. The molecule has 1 N–H and O–H groups in total. The predicted octanol–water partition coefficient (Wildman–Crippen LogP) is 4.58. The van der Waals surface area contributed by atoms with Crippen molar-refractivity contribution >= 4 is 17.4 Å². The minimum Gasteiger partial charge on any atom is -0.382 e. The molecule has 0 bridgehead atoms. The normalized spacial score (nSPS) is 15.6. The summed E-state index contributed by atoms with van der Waals surface area (Å²) in [6.07, 6.45) is 2.89. The number of thiophene rings is 1. The van der Waals surface area contributed by atoms with Gasteiger partial charge in [0.15, 0.2) is 0 Å². The number of fused-ring (bicyclic) bond motifs is 3. The van der Waals surface area contributed by atoms with Crippen LogP contribution in [0.2, 0.25) is 0 Å². The number of nitrogens with one attached hydrogen (secondary N) is 1. The van der Waals surface area contributed by atoms with E-state index >= 15 is 0 Å². The Balaban J connectivity index is 1.67. The molecule has 2 aromatic heterocycles. The maximum atomic E-state index is 13.2. The van der Waals surface area contributed by atoms with Gasteiger partial charge in [0.2, 0.25) is 0 Å². The monoisotopic (exact) mass is 395 g/mol. The molecule has 146 valence electrons. The van der Waals surface area contributed by atoms with E-state index in [0.29, 0.717) is 26.3 Å². The van der Waals surface area contributed by atoms with Gasteiger partial charge in [-0.2, -0.15) is 0 Å². The molecule has 1 atom stereocenters. The molecule has 0 spiro atoms. The zero-order valence-corrected chi connectivity index (χ0v) is 16.8. The standard InChI is InChI=1S/C22H25N3O2S/c1-2-27-14-7-12-23-22(26)25-16-17-8-3-4-9-18(17)24-13-5-10-19(24)21(25)20-11-6-15-28-20/h3-6,8-11,13,15,21H,2,7,12,14,16H2,1H3,(H,23,26)/t21-/m1/s1. The number of carbonyl (C=O) groups is 1. The van der Waals surface area contributed by atoms with E-state index < -0.39 is 0 Å². The third-order valence-corrected chi connectivity index (χ3v) is 5.91. The van der Waals surface area contributed by atoms with Crippen LogP contribution in [-0.4, -0.2) is 35.3 Å². The molecule has 3 heterocycles. The van der Waals surface area contributed by atoms with E-state index in [-0.39, 0.29) is 12.1 Å². The van der Waals surface area contributed by atoms with Gasteiger partial charge >= 0.3 is 6.03 Å². The fourth-order valence-corrected chi connectivity index (χ4v) is 4.55. The van der Waals surface area contributed by atoms with Crippen LogP contribution < -0.4 is 5.32 Å². The van der Waals surface area contributed by atoms with Crippen LogP contribution in [0, 0.1) is 0 Å². The molecular weight excluding hydrogens is 370 g/mol. The lowest BCUT2D eigenvalue weighted by molar-refractivity contribution is 0.143. The third-order valence-electron chi connectivity index (χ3n) is 4.98. The van der Waals surface area contributed by atoms with Gasteiger partial charge in [0.05, 0.1) is 17.9 Å². The van der Waals surface area contributed by atoms with Crippen molar-refractivity contribution in [1.29, 1.82) is 0 Å². The van der Waals surface area contributed by atoms with Crippen molar-refractivity contribution in [3.63, 3.8) is 0 Å². The molecule has 0 saturated carbocycles. The van der Waals surface area contributed by atoms with E-state index in [9.17, 15) is 4.79 Å². The van der Waals surface area contributed by atoms with Crippen LogP contribution in [0.4, 0.5) is 4.79 Å². The Bertz CT molecular complexity index is 920. The zero-order valence-electron chi connectivity index (χ0n) is 16.0. The highest BCUT2D eigenvalue weighted by molar-refractivity contribution is 7.10. The second-order valence-corrected chi connectivity index (χ2v) is 7.74. The van der Waals surface area contributed by atoms with E-state index in [0.717, 1.165) is 28.2 Å². The number of amides is 2. The number of urea groups is 1. The molecule has 0 radical (unpaired) electrons. The summed E-state index contributed by atoms with van der Waals surface area (Å²) in [6, 6.07) is 16.5. The molecule has 1 aromatic carbocycles. The largest absolute Gasteiger partial charge is 0.382 e. The van der Waals surface area contributed by atoms with Crippen molar-refractivity contribution in [1.82, 2.24) is 14.8 Å².